The van der Waals surface area contributed by atoms with Gasteiger partial charge in [-0.2, -0.15) is 0 Å². The second-order valence-corrected chi connectivity index (χ2v) is 4.99. The standard InChI is InChI=1S/C8H11AsN/c1-2-9-6-8-4-3-5-10-7-8/h3-5,7H,2,6H2,1H3. The van der Waals surface area contributed by atoms with Gasteiger partial charge in [-0.25, -0.2) is 0 Å². The Kier molecular flexibility index (Phi) is 3.52. The Balaban J connectivity index is 2.43. The minimum atomic E-state index is 0.536. The van der Waals surface area contributed by atoms with Gasteiger partial charge in [0.15, 0.2) is 0 Å². The van der Waals surface area contributed by atoms with Gasteiger partial charge in [0.05, 0.1) is 0 Å². The van der Waals surface area contributed by atoms with Gasteiger partial charge >= 0.3 is 68.2 Å². The number of hydrogen-bond acceptors (Lipinski definition) is 1. The van der Waals surface area contributed by atoms with Crippen molar-refractivity contribution in [3.8, 4) is 0 Å². The molecular weight excluding hydrogens is 185 g/mol. The SMILES string of the molecule is CC[As]Cc1cccnc1. The fourth-order valence-corrected chi connectivity index (χ4v) is 2.14. The molecule has 0 saturated carbocycles. The molecule has 0 saturated heterocycles. The van der Waals surface area contributed by atoms with E-state index in [2.05, 4.69) is 18.0 Å². The van der Waals surface area contributed by atoms with Crippen LogP contribution in [0.4, 0.5) is 0 Å². The zero-order valence-electron chi connectivity index (χ0n) is 6.12. The Morgan fingerprint density at radius 3 is 3.10 bits per heavy atom. The van der Waals surface area contributed by atoms with E-state index in [1.807, 2.05) is 18.5 Å². The van der Waals surface area contributed by atoms with Crippen LogP contribution in [-0.2, 0) is 5.21 Å². The van der Waals surface area contributed by atoms with E-state index >= 15 is 0 Å². The van der Waals surface area contributed by atoms with Crippen LogP contribution < -0.4 is 0 Å². The van der Waals surface area contributed by atoms with Crippen LogP contribution in [0.2, 0.25) is 5.21 Å². The molecule has 1 heterocycles. The predicted molar refractivity (Wildman–Crippen MR) is 44.2 cm³/mol. The predicted octanol–water partition coefficient (Wildman–Crippen LogP) is 1.72. The molecule has 0 bridgehead atoms. The molecule has 0 aliphatic rings. The van der Waals surface area contributed by atoms with Gasteiger partial charge in [-0.1, -0.05) is 0 Å². The fraction of sp³-hybridized carbons (Fsp3) is 0.375. The molecule has 0 amide bonds. The van der Waals surface area contributed by atoms with Crippen molar-refractivity contribution in [2.24, 2.45) is 0 Å². The molecule has 0 aliphatic carbocycles. The second kappa shape index (κ2) is 4.51. The van der Waals surface area contributed by atoms with Gasteiger partial charge in [-0.05, 0) is 0 Å². The Morgan fingerprint density at radius 1 is 1.60 bits per heavy atom. The first-order valence-corrected chi connectivity index (χ1v) is 6.11. The molecule has 0 aliphatic heterocycles. The zero-order chi connectivity index (χ0) is 7.23. The van der Waals surface area contributed by atoms with Crippen molar-refractivity contribution in [2.45, 2.75) is 17.3 Å². The minimum absolute atomic E-state index is 0.536. The molecule has 10 heavy (non-hydrogen) atoms. The van der Waals surface area contributed by atoms with Gasteiger partial charge in [0.2, 0.25) is 0 Å². The molecule has 0 unspecified atom stereocenters. The van der Waals surface area contributed by atoms with E-state index in [0.29, 0.717) is 15.8 Å². The maximum absolute atomic E-state index is 4.05. The molecule has 1 aromatic heterocycles. The number of hydrogen-bond donors (Lipinski definition) is 0. The first kappa shape index (κ1) is 7.81. The summed E-state index contributed by atoms with van der Waals surface area (Å²) in [6.07, 6.45) is 3.79. The summed E-state index contributed by atoms with van der Waals surface area (Å²) in [5.74, 6) is 0. The Hall–Kier alpha value is -0.292. The van der Waals surface area contributed by atoms with E-state index in [0.717, 1.165) is 0 Å². The number of pyridine rings is 1. The third-order valence-electron chi connectivity index (χ3n) is 1.24. The molecule has 0 spiro atoms. The quantitative estimate of drug-likeness (QED) is 0.671. The topological polar surface area (TPSA) is 12.9 Å². The molecule has 0 N–H and O–H groups in total. The average Bonchev–Trinajstić information content (AvgIpc) is 2.03. The van der Waals surface area contributed by atoms with E-state index in [9.17, 15) is 0 Å². The fourth-order valence-electron chi connectivity index (χ4n) is 0.733. The van der Waals surface area contributed by atoms with Gasteiger partial charge in [0.25, 0.3) is 0 Å². The molecule has 1 rings (SSSR count). The normalized spacial score (nSPS) is 10.9. The summed E-state index contributed by atoms with van der Waals surface area (Å²) in [7, 11) is 0. The van der Waals surface area contributed by atoms with Crippen molar-refractivity contribution in [1.29, 1.82) is 0 Å². The van der Waals surface area contributed by atoms with E-state index in [1.165, 1.54) is 16.0 Å². The summed E-state index contributed by atoms with van der Waals surface area (Å²) in [6.45, 7) is 2.25. The zero-order valence-corrected chi connectivity index (χ0v) is 7.99. The Morgan fingerprint density at radius 2 is 2.50 bits per heavy atom. The molecular formula is C8H11AsN. The van der Waals surface area contributed by atoms with Gasteiger partial charge in [0.1, 0.15) is 0 Å². The summed E-state index contributed by atoms with van der Waals surface area (Å²) in [6, 6.07) is 4.16. The molecule has 0 fully saturated rings. The summed E-state index contributed by atoms with van der Waals surface area (Å²) in [4.78, 5) is 4.05. The molecule has 2 heteroatoms. The number of rotatable bonds is 3. The number of nitrogens with zero attached hydrogens (tertiary/aromatic N) is 1. The molecule has 1 radical (unpaired) electrons. The van der Waals surface area contributed by atoms with Crippen LogP contribution in [0.15, 0.2) is 24.5 Å². The van der Waals surface area contributed by atoms with E-state index in [4.69, 9.17) is 0 Å². The monoisotopic (exact) mass is 196 g/mol. The summed E-state index contributed by atoms with van der Waals surface area (Å²) in [5, 5.41) is 2.62. The van der Waals surface area contributed by atoms with E-state index in [-0.39, 0.29) is 0 Å². The van der Waals surface area contributed by atoms with Crippen molar-refractivity contribution in [3.05, 3.63) is 30.1 Å². The molecule has 1 nitrogen and oxygen atoms in total. The third-order valence-corrected chi connectivity index (χ3v) is 3.41. The third kappa shape index (κ3) is 2.53. The van der Waals surface area contributed by atoms with Crippen LogP contribution in [0.1, 0.15) is 12.5 Å². The summed E-state index contributed by atoms with van der Waals surface area (Å²) < 4.78 is 0. The number of aromatic nitrogens is 1. The first-order valence-electron chi connectivity index (χ1n) is 3.45. The van der Waals surface area contributed by atoms with Crippen molar-refractivity contribution in [2.75, 3.05) is 0 Å². The molecule has 0 atom stereocenters. The van der Waals surface area contributed by atoms with Crippen molar-refractivity contribution in [3.63, 3.8) is 0 Å². The first-order chi connectivity index (χ1) is 4.93. The van der Waals surface area contributed by atoms with Gasteiger partial charge in [-0.15, -0.1) is 0 Å². The van der Waals surface area contributed by atoms with Crippen molar-refractivity contribution < 1.29 is 0 Å². The summed E-state index contributed by atoms with van der Waals surface area (Å²) in [5.41, 5.74) is 1.39. The maximum atomic E-state index is 4.05. The second-order valence-electron chi connectivity index (χ2n) is 2.06. The van der Waals surface area contributed by atoms with E-state index in [1.54, 1.807) is 0 Å². The van der Waals surface area contributed by atoms with Crippen LogP contribution in [0.25, 0.3) is 0 Å². The van der Waals surface area contributed by atoms with Gasteiger partial charge in [-0.3, -0.25) is 0 Å². The van der Waals surface area contributed by atoms with E-state index < -0.39 is 0 Å². The van der Waals surface area contributed by atoms with Crippen molar-refractivity contribution >= 4 is 15.8 Å². The van der Waals surface area contributed by atoms with Crippen LogP contribution in [0.3, 0.4) is 0 Å². The molecule has 1 aromatic rings. The van der Waals surface area contributed by atoms with Crippen LogP contribution in [0.5, 0.6) is 0 Å². The van der Waals surface area contributed by atoms with Crippen LogP contribution in [-0.4, -0.2) is 20.7 Å². The van der Waals surface area contributed by atoms with Gasteiger partial charge in [0, 0.05) is 0 Å². The van der Waals surface area contributed by atoms with Crippen LogP contribution in [0, 0.1) is 0 Å². The van der Waals surface area contributed by atoms with Gasteiger partial charge < -0.3 is 0 Å². The molecule has 0 aromatic carbocycles. The molecule has 53 valence electrons. The summed E-state index contributed by atoms with van der Waals surface area (Å²) >= 11 is 0.536. The average molecular weight is 196 g/mol. The van der Waals surface area contributed by atoms with Crippen LogP contribution >= 0.6 is 0 Å². The Bertz CT molecular complexity index is 174. The van der Waals surface area contributed by atoms with Crippen molar-refractivity contribution in [1.82, 2.24) is 4.98 Å². The Labute approximate surface area is 68.6 Å².